The van der Waals surface area contributed by atoms with Crippen LogP contribution in [0.4, 0.5) is 0 Å². The van der Waals surface area contributed by atoms with E-state index < -0.39 is 7.82 Å². The van der Waals surface area contributed by atoms with E-state index in [0.29, 0.717) is 25.0 Å². The van der Waals surface area contributed by atoms with Crippen molar-refractivity contribution < 1.29 is 34.0 Å². The first-order valence-electron chi connectivity index (χ1n) is 10.7. The van der Waals surface area contributed by atoms with Crippen LogP contribution in [0.2, 0.25) is 0 Å². The van der Waals surface area contributed by atoms with Crippen LogP contribution in [0.5, 0.6) is 0 Å². The fraction of sp³-hybridized carbons (Fsp3) is 0.727. The third kappa shape index (κ3) is 15.7. The van der Waals surface area contributed by atoms with Crippen LogP contribution in [-0.4, -0.2) is 18.1 Å². The van der Waals surface area contributed by atoms with Gasteiger partial charge >= 0.3 is 58.2 Å². The van der Waals surface area contributed by atoms with Gasteiger partial charge in [0, 0.05) is 0 Å². The van der Waals surface area contributed by atoms with E-state index in [9.17, 15) is 9.46 Å². The molecule has 0 amide bonds. The van der Waals surface area contributed by atoms with Gasteiger partial charge in [-0.15, -0.1) is 0 Å². The minimum absolute atomic E-state index is 0.316. The second kappa shape index (κ2) is 17.7. The topological polar surface area (TPSA) is 55.8 Å². The molecule has 0 aliphatic heterocycles. The van der Waals surface area contributed by atoms with E-state index in [1.165, 1.54) is 0 Å². The normalized spacial score (nSPS) is 15.2. The van der Waals surface area contributed by atoms with E-state index in [0.717, 1.165) is 55.9 Å². The van der Waals surface area contributed by atoms with Crippen molar-refractivity contribution in [3.63, 3.8) is 0 Å². The molecule has 0 radical (unpaired) electrons. The molecule has 0 aliphatic rings. The Labute approximate surface area is 180 Å². The van der Waals surface area contributed by atoms with Crippen LogP contribution in [0.15, 0.2) is 30.3 Å². The quantitative estimate of drug-likeness (QED) is 0.259. The number of phosphoric ester groups is 1. The van der Waals surface area contributed by atoms with Crippen molar-refractivity contribution in [3.8, 4) is 0 Å². The Morgan fingerprint density at radius 1 is 0.893 bits per heavy atom. The van der Waals surface area contributed by atoms with E-state index in [1.54, 1.807) is 0 Å². The van der Waals surface area contributed by atoms with Crippen LogP contribution in [0.3, 0.4) is 0 Å². The Bertz CT molecular complexity index is 489. The van der Waals surface area contributed by atoms with E-state index in [4.69, 9.17) is 9.05 Å². The molecule has 1 aromatic rings. The number of unbranched alkanes of at least 4 members (excludes halogenated alkanes) is 2. The Morgan fingerprint density at radius 2 is 1.32 bits per heavy atom. The molecule has 1 N–H and O–H groups in total. The monoisotopic (exact) mass is 457 g/mol. The van der Waals surface area contributed by atoms with Crippen molar-refractivity contribution in [3.05, 3.63) is 30.3 Å². The van der Waals surface area contributed by atoms with E-state index >= 15 is 0 Å². The maximum atomic E-state index is 11.9. The van der Waals surface area contributed by atoms with Gasteiger partial charge in [0.25, 0.3) is 0 Å². The van der Waals surface area contributed by atoms with E-state index in [1.807, 2.05) is 30.3 Å². The van der Waals surface area contributed by atoms with Crippen LogP contribution in [-0.2, 0) is 29.1 Å². The predicted octanol–water partition coefficient (Wildman–Crippen LogP) is 6.41. The number of phosphoric acid groups is 1. The molecule has 2 atom stereocenters. The van der Waals surface area contributed by atoms with Crippen molar-refractivity contribution in [2.45, 2.75) is 79.1 Å². The summed E-state index contributed by atoms with van der Waals surface area (Å²) in [5.74, 6) is 0.687. The molecule has 0 saturated carbocycles. The Balaban J connectivity index is 0.000000861. The molecule has 0 aromatic heterocycles. The molecular weight excluding hydrogens is 418 g/mol. The molecule has 0 saturated heterocycles. The molecule has 0 aliphatic carbocycles. The standard InChI is InChI=1S/C16H35O4P.C6H5.Ni/c1-5-9-11-15(7-3)13-19-21(17,18)20-14-16(8-4)12-10-6-2;1-2-4-6-5-3-1;/h15-16H,5-14H2,1-4H3,(H,17,18);1-5H;. The van der Waals surface area contributed by atoms with Gasteiger partial charge in [0.15, 0.2) is 0 Å². The summed E-state index contributed by atoms with van der Waals surface area (Å²) in [6.07, 6.45) is 8.56. The number of benzene rings is 1. The number of rotatable bonds is 14. The summed E-state index contributed by atoms with van der Waals surface area (Å²) in [4.78, 5) is 9.77. The molecule has 0 heterocycles. The molecule has 0 spiro atoms. The maximum absolute atomic E-state index is 11.9. The average molecular weight is 458 g/mol. The molecule has 2 unspecified atom stereocenters. The van der Waals surface area contributed by atoms with E-state index in [2.05, 4.69) is 43.2 Å². The average Bonchev–Trinajstić information content (AvgIpc) is 2.69. The fourth-order valence-electron chi connectivity index (χ4n) is 2.64. The zero-order chi connectivity index (χ0) is 21.3. The second-order valence-corrected chi connectivity index (χ2v) is 9.18. The number of hydrogen-bond donors (Lipinski definition) is 1. The van der Waals surface area contributed by atoms with Gasteiger partial charge in [0.1, 0.15) is 0 Å². The van der Waals surface area contributed by atoms with Crippen LogP contribution < -0.4 is 4.53 Å². The summed E-state index contributed by atoms with van der Waals surface area (Å²) in [5.41, 5.74) is 0. The predicted molar refractivity (Wildman–Crippen MR) is 114 cm³/mol. The van der Waals surface area contributed by atoms with Gasteiger partial charge in [-0.2, -0.15) is 0 Å². The summed E-state index contributed by atoms with van der Waals surface area (Å²) < 4.78 is 23.2. The third-order valence-corrected chi connectivity index (χ3v) is 6.03. The van der Waals surface area contributed by atoms with Crippen molar-refractivity contribution in [1.29, 1.82) is 0 Å². The van der Waals surface area contributed by atoms with Crippen LogP contribution in [0, 0.1) is 11.8 Å². The first-order chi connectivity index (χ1) is 13.4. The second-order valence-electron chi connectivity index (χ2n) is 7.15. The van der Waals surface area contributed by atoms with Crippen molar-refractivity contribution in [2.75, 3.05) is 13.2 Å². The van der Waals surface area contributed by atoms with Gasteiger partial charge in [-0.1, -0.05) is 66.2 Å². The molecule has 0 fully saturated rings. The zero-order valence-corrected chi connectivity index (χ0v) is 19.9. The summed E-state index contributed by atoms with van der Waals surface area (Å²) in [5, 5.41) is 0. The molecule has 1 rings (SSSR count). The third-order valence-electron chi connectivity index (χ3n) is 4.75. The van der Waals surface area contributed by atoms with Crippen molar-refractivity contribution in [1.82, 2.24) is 0 Å². The summed E-state index contributed by atoms with van der Waals surface area (Å²) in [6, 6.07) is 9.68. The van der Waals surface area contributed by atoms with Crippen molar-refractivity contribution in [2.24, 2.45) is 11.8 Å². The molecule has 167 valence electrons. The first-order valence-corrected chi connectivity index (χ1v) is 12.7. The number of hydrogen-bond acceptors (Lipinski definition) is 3. The van der Waals surface area contributed by atoms with Gasteiger partial charge in [-0.3, -0.25) is 9.05 Å². The minimum atomic E-state index is -3.89. The van der Waals surface area contributed by atoms with Gasteiger partial charge in [0.05, 0.1) is 13.2 Å². The molecule has 28 heavy (non-hydrogen) atoms. The summed E-state index contributed by atoms with van der Waals surface area (Å²) in [6.45, 7) is 9.10. The first kappa shape index (κ1) is 27.8. The van der Waals surface area contributed by atoms with Gasteiger partial charge in [0.2, 0.25) is 0 Å². The molecular formula is C22H40NiO4P. The molecule has 0 bridgehead atoms. The molecule has 6 heteroatoms. The Kier molecular flexibility index (Phi) is 17.6. The Morgan fingerprint density at radius 3 is 1.61 bits per heavy atom. The summed E-state index contributed by atoms with van der Waals surface area (Å²) in [7, 11) is -3.89. The van der Waals surface area contributed by atoms with Crippen LogP contribution >= 0.6 is 7.82 Å². The Hall–Kier alpha value is -0.176. The summed E-state index contributed by atoms with van der Waals surface area (Å²) >= 11 is 4.54. The zero-order valence-electron chi connectivity index (χ0n) is 18.0. The van der Waals surface area contributed by atoms with Gasteiger partial charge in [-0.05, 0) is 24.7 Å². The SMILES string of the molecule is CCCCC(CC)COP(=O)(O)OCC(CC)CCCC.[Ni][c]1ccccc1. The van der Waals surface area contributed by atoms with Crippen molar-refractivity contribution >= 4 is 12.4 Å². The molecule has 4 nitrogen and oxygen atoms in total. The van der Waals surface area contributed by atoms with Crippen LogP contribution in [0.1, 0.15) is 79.1 Å². The molecule has 1 aromatic carbocycles. The van der Waals surface area contributed by atoms with Crippen LogP contribution in [0.25, 0.3) is 0 Å². The van der Waals surface area contributed by atoms with E-state index in [-0.39, 0.29) is 0 Å². The van der Waals surface area contributed by atoms with Gasteiger partial charge in [-0.25, -0.2) is 4.57 Å². The van der Waals surface area contributed by atoms with Gasteiger partial charge < -0.3 is 4.89 Å². The fourth-order valence-corrected chi connectivity index (χ4v) is 3.70.